The molecular weight excluding hydrogens is 335 g/mol. The summed E-state index contributed by atoms with van der Waals surface area (Å²) >= 11 is 0. The Hall–Kier alpha value is -3.22. The van der Waals surface area contributed by atoms with E-state index in [0.29, 0.717) is 31.0 Å². The Morgan fingerprint density at radius 1 is 1.23 bits per heavy atom. The minimum atomic E-state index is -0.353. The van der Waals surface area contributed by atoms with Crippen molar-refractivity contribution in [3.05, 3.63) is 65.4 Å². The van der Waals surface area contributed by atoms with Crippen LogP contribution in [0.2, 0.25) is 0 Å². The molecule has 0 spiro atoms. The van der Waals surface area contributed by atoms with Crippen molar-refractivity contribution in [3.8, 4) is 17.3 Å². The van der Waals surface area contributed by atoms with Crippen LogP contribution in [0.1, 0.15) is 21.7 Å². The molecule has 4 rings (SSSR count). The molecule has 0 radical (unpaired) electrons. The molecule has 26 heavy (non-hydrogen) atoms. The zero-order valence-electron chi connectivity index (χ0n) is 14.2. The molecule has 0 bridgehead atoms. The minimum absolute atomic E-state index is 0.113. The van der Waals surface area contributed by atoms with Gasteiger partial charge in [0.05, 0.1) is 25.0 Å². The molecule has 7 heteroatoms. The number of benzene rings is 1. The van der Waals surface area contributed by atoms with E-state index in [2.05, 4.69) is 15.0 Å². The number of aromatic amines is 1. The third-order valence-electron chi connectivity index (χ3n) is 4.43. The Labute approximate surface area is 149 Å². The average molecular weight is 352 g/mol. The number of hydrogen-bond acceptors (Lipinski definition) is 4. The summed E-state index contributed by atoms with van der Waals surface area (Å²) in [6, 6.07) is 9.28. The van der Waals surface area contributed by atoms with Crippen molar-refractivity contribution in [1.82, 2.24) is 19.9 Å². The molecule has 0 fully saturated rings. The lowest BCUT2D eigenvalue weighted by Gasteiger charge is -2.26. The normalized spacial score (nSPS) is 13.4. The van der Waals surface area contributed by atoms with Gasteiger partial charge in [-0.25, -0.2) is 14.4 Å². The first-order valence-electron chi connectivity index (χ1n) is 8.27. The van der Waals surface area contributed by atoms with Crippen molar-refractivity contribution in [2.45, 2.75) is 13.0 Å². The molecule has 0 unspecified atom stereocenters. The van der Waals surface area contributed by atoms with Crippen molar-refractivity contribution in [1.29, 1.82) is 0 Å². The van der Waals surface area contributed by atoms with E-state index < -0.39 is 0 Å². The highest BCUT2D eigenvalue weighted by molar-refractivity contribution is 5.94. The molecule has 1 amide bonds. The SMILES string of the molecule is COc1ccc(-c2nc3c([nH]2)CN(C(=O)c2ccc(F)cc2)CC3)cn1. The van der Waals surface area contributed by atoms with E-state index in [4.69, 9.17) is 4.74 Å². The highest BCUT2D eigenvalue weighted by Gasteiger charge is 2.25. The molecule has 0 saturated heterocycles. The molecule has 0 atom stereocenters. The maximum atomic E-state index is 13.0. The molecule has 3 heterocycles. The van der Waals surface area contributed by atoms with Crippen LogP contribution in [0.15, 0.2) is 42.6 Å². The average Bonchev–Trinajstić information content (AvgIpc) is 3.11. The van der Waals surface area contributed by atoms with Gasteiger partial charge in [-0.3, -0.25) is 4.79 Å². The highest BCUT2D eigenvalue weighted by Crippen LogP contribution is 2.24. The quantitative estimate of drug-likeness (QED) is 0.787. The van der Waals surface area contributed by atoms with Gasteiger partial charge >= 0.3 is 0 Å². The molecule has 2 aromatic heterocycles. The zero-order chi connectivity index (χ0) is 18.1. The minimum Gasteiger partial charge on any atom is -0.481 e. The van der Waals surface area contributed by atoms with Gasteiger partial charge in [-0.1, -0.05) is 0 Å². The summed E-state index contributed by atoms with van der Waals surface area (Å²) in [5.41, 5.74) is 3.21. The van der Waals surface area contributed by atoms with Gasteiger partial charge in [0.15, 0.2) is 0 Å². The molecular formula is C19H17FN4O2. The van der Waals surface area contributed by atoms with Crippen molar-refractivity contribution in [3.63, 3.8) is 0 Å². The number of aromatic nitrogens is 3. The van der Waals surface area contributed by atoms with Crippen molar-refractivity contribution in [2.75, 3.05) is 13.7 Å². The topological polar surface area (TPSA) is 71.1 Å². The van der Waals surface area contributed by atoms with Crippen molar-refractivity contribution >= 4 is 5.91 Å². The summed E-state index contributed by atoms with van der Waals surface area (Å²) in [4.78, 5) is 26.5. The number of halogens is 1. The molecule has 0 aliphatic carbocycles. The number of ether oxygens (including phenoxy) is 1. The van der Waals surface area contributed by atoms with E-state index >= 15 is 0 Å². The van der Waals surface area contributed by atoms with E-state index in [1.165, 1.54) is 24.3 Å². The van der Waals surface area contributed by atoms with E-state index in [0.717, 1.165) is 22.8 Å². The number of imidazole rings is 1. The van der Waals surface area contributed by atoms with Gasteiger partial charge in [0.2, 0.25) is 5.88 Å². The summed E-state index contributed by atoms with van der Waals surface area (Å²) < 4.78 is 18.1. The fourth-order valence-corrected chi connectivity index (χ4v) is 3.02. The fourth-order valence-electron chi connectivity index (χ4n) is 3.02. The number of pyridine rings is 1. The predicted octanol–water partition coefficient (Wildman–Crippen LogP) is 2.82. The maximum absolute atomic E-state index is 13.0. The van der Waals surface area contributed by atoms with Crippen LogP contribution in [0.4, 0.5) is 4.39 Å². The number of nitrogens with zero attached hydrogens (tertiary/aromatic N) is 3. The van der Waals surface area contributed by atoms with Crippen molar-refractivity contribution in [2.24, 2.45) is 0 Å². The largest absolute Gasteiger partial charge is 0.481 e. The van der Waals surface area contributed by atoms with Crippen LogP contribution in [0.3, 0.4) is 0 Å². The summed E-state index contributed by atoms with van der Waals surface area (Å²) in [6.07, 6.45) is 2.37. The molecule has 1 aromatic carbocycles. The Kier molecular flexibility index (Phi) is 4.12. The second-order valence-electron chi connectivity index (χ2n) is 6.08. The van der Waals surface area contributed by atoms with Crippen LogP contribution in [-0.4, -0.2) is 39.4 Å². The van der Waals surface area contributed by atoms with Gasteiger partial charge < -0.3 is 14.6 Å². The van der Waals surface area contributed by atoms with Crippen LogP contribution in [-0.2, 0) is 13.0 Å². The smallest absolute Gasteiger partial charge is 0.254 e. The number of methoxy groups -OCH3 is 1. The number of fused-ring (bicyclic) bond motifs is 1. The lowest BCUT2D eigenvalue weighted by atomic mass is 10.1. The summed E-state index contributed by atoms with van der Waals surface area (Å²) in [6.45, 7) is 1.02. The predicted molar refractivity (Wildman–Crippen MR) is 93.2 cm³/mol. The van der Waals surface area contributed by atoms with Crippen LogP contribution >= 0.6 is 0 Å². The van der Waals surface area contributed by atoms with Crippen LogP contribution in [0.25, 0.3) is 11.4 Å². The van der Waals surface area contributed by atoms with E-state index in [1.807, 2.05) is 6.07 Å². The number of carbonyl (C=O) groups is 1. The van der Waals surface area contributed by atoms with E-state index in [1.54, 1.807) is 24.3 Å². The summed E-state index contributed by atoms with van der Waals surface area (Å²) in [7, 11) is 1.57. The number of nitrogens with one attached hydrogen (secondary N) is 1. The lowest BCUT2D eigenvalue weighted by Crippen LogP contribution is -2.36. The molecule has 1 aliphatic rings. The lowest BCUT2D eigenvalue weighted by molar-refractivity contribution is 0.0732. The van der Waals surface area contributed by atoms with Gasteiger partial charge in [-0.05, 0) is 30.3 Å². The molecule has 6 nitrogen and oxygen atoms in total. The Morgan fingerprint density at radius 2 is 2.04 bits per heavy atom. The van der Waals surface area contributed by atoms with Crippen LogP contribution in [0.5, 0.6) is 5.88 Å². The number of hydrogen-bond donors (Lipinski definition) is 1. The summed E-state index contributed by atoms with van der Waals surface area (Å²) in [5, 5.41) is 0. The first-order valence-corrected chi connectivity index (χ1v) is 8.27. The van der Waals surface area contributed by atoms with Gasteiger partial charge in [0, 0.05) is 36.4 Å². The third-order valence-corrected chi connectivity index (χ3v) is 4.43. The molecule has 3 aromatic rings. The van der Waals surface area contributed by atoms with Crippen molar-refractivity contribution < 1.29 is 13.9 Å². The first-order chi connectivity index (χ1) is 12.6. The Bertz CT molecular complexity index is 935. The fraction of sp³-hybridized carbons (Fsp3) is 0.211. The van der Waals surface area contributed by atoms with Gasteiger partial charge in [0.1, 0.15) is 11.6 Å². The Balaban J connectivity index is 1.54. The van der Waals surface area contributed by atoms with Crippen LogP contribution < -0.4 is 4.74 Å². The molecule has 1 N–H and O–H groups in total. The number of carbonyl (C=O) groups excluding carboxylic acids is 1. The molecule has 132 valence electrons. The van der Waals surface area contributed by atoms with E-state index in [-0.39, 0.29) is 11.7 Å². The van der Waals surface area contributed by atoms with Crippen LogP contribution in [0, 0.1) is 5.82 Å². The summed E-state index contributed by atoms with van der Waals surface area (Å²) in [5.74, 6) is 0.800. The van der Waals surface area contributed by atoms with Gasteiger partial charge in [-0.2, -0.15) is 0 Å². The monoisotopic (exact) mass is 352 g/mol. The first kappa shape index (κ1) is 16.3. The highest BCUT2D eigenvalue weighted by atomic mass is 19.1. The van der Waals surface area contributed by atoms with Gasteiger partial charge in [-0.15, -0.1) is 0 Å². The zero-order valence-corrected chi connectivity index (χ0v) is 14.2. The second kappa shape index (κ2) is 6.59. The van der Waals surface area contributed by atoms with Gasteiger partial charge in [0.25, 0.3) is 5.91 Å². The number of rotatable bonds is 3. The Morgan fingerprint density at radius 3 is 2.73 bits per heavy atom. The number of H-pyrrole nitrogens is 1. The second-order valence-corrected chi connectivity index (χ2v) is 6.08. The van der Waals surface area contributed by atoms with E-state index in [9.17, 15) is 9.18 Å². The molecule has 0 saturated carbocycles. The maximum Gasteiger partial charge on any atom is 0.254 e. The third kappa shape index (κ3) is 3.03. The molecule has 1 aliphatic heterocycles. The number of amides is 1. The standard InChI is InChI=1S/C19H17FN4O2/c1-26-17-7-4-13(10-21-17)18-22-15-8-9-24(11-16(15)23-18)19(25)12-2-5-14(20)6-3-12/h2-7,10H,8-9,11H2,1H3,(H,22,23).